The molecule has 0 aliphatic heterocycles. The molecule has 1 saturated carbocycles. The fourth-order valence-corrected chi connectivity index (χ4v) is 3.39. The topological polar surface area (TPSA) is 26.3 Å². The Labute approximate surface area is 116 Å². The molecule has 2 nitrogen and oxygen atoms in total. The molecule has 1 fully saturated rings. The van der Waals surface area contributed by atoms with Crippen LogP contribution < -0.4 is 4.74 Å². The van der Waals surface area contributed by atoms with Gasteiger partial charge in [0, 0.05) is 17.9 Å². The average molecular weight is 260 g/mol. The van der Waals surface area contributed by atoms with Crippen LogP contribution in [0.2, 0.25) is 0 Å². The maximum atomic E-state index is 12.5. The van der Waals surface area contributed by atoms with Crippen molar-refractivity contribution in [1.82, 2.24) is 0 Å². The summed E-state index contributed by atoms with van der Waals surface area (Å²) in [6.07, 6.45) is 3.88. The van der Waals surface area contributed by atoms with E-state index in [9.17, 15) is 4.79 Å². The van der Waals surface area contributed by atoms with E-state index in [0.717, 1.165) is 24.2 Å². The number of ketones is 1. The molecular formula is C17H24O2. The molecule has 2 unspecified atom stereocenters. The lowest BCUT2D eigenvalue weighted by molar-refractivity contribution is -0.124. The Hall–Kier alpha value is -1.31. The number of methoxy groups -OCH3 is 1. The van der Waals surface area contributed by atoms with Gasteiger partial charge in [0.2, 0.25) is 0 Å². The van der Waals surface area contributed by atoms with E-state index in [2.05, 4.69) is 13.8 Å². The maximum absolute atomic E-state index is 12.5. The van der Waals surface area contributed by atoms with E-state index in [0.29, 0.717) is 24.0 Å². The van der Waals surface area contributed by atoms with Gasteiger partial charge < -0.3 is 4.74 Å². The smallest absolute Gasteiger partial charge is 0.140 e. The highest BCUT2D eigenvalue weighted by atomic mass is 16.5. The summed E-state index contributed by atoms with van der Waals surface area (Å²) >= 11 is 0. The summed E-state index contributed by atoms with van der Waals surface area (Å²) < 4.78 is 5.32. The molecule has 0 saturated heterocycles. The summed E-state index contributed by atoms with van der Waals surface area (Å²) in [4.78, 5) is 12.5. The van der Waals surface area contributed by atoms with Gasteiger partial charge in [-0.15, -0.1) is 0 Å². The highest BCUT2D eigenvalue weighted by Gasteiger charge is 2.29. The van der Waals surface area contributed by atoms with Crippen molar-refractivity contribution >= 4 is 5.78 Å². The summed E-state index contributed by atoms with van der Waals surface area (Å²) in [7, 11) is 1.66. The van der Waals surface area contributed by atoms with Crippen LogP contribution in [0.1, 0.15) is 38.7 Å². The van der Waals surface area contributed by atoms with E-state index >= 15 is 0 Å². The van der Waals surface area contributed by atoms with Crippen molar-refractivity contribution in [2.75, 3.05) is 7.11 Å². The Kier molecular flexibility index (Phi) is 4.62. The fourth-order valence-electron chi connectivity index (χ4n) is 3.39. The Bertz CT molecular complexity index is 429. The standard InChI is InChI=1S/C17H24O2/c1-12-8-13(2)10-15(9-12)16(18)11-14-6-4-5-7-17(14)19-3/h4-7,12-13,15H,8-11H2,1-3H3. The third-order valence-corrected chi connectivity index (χ3v) is 4.19. The molecule has 1 aromatic rings. The highest BCUT2D eigenvalue weighted by molar-refractivity contribution is 5.84. The van der Waals surface area contributed by atoms with E-state index in [1.165, 1.54) is 6.42 Å². The number of hydrogen-bond donors (Lipinski definition) is 0. The van der Waals surface area contributed by atoms with Crippen LogP contribution >= 0.6 is 0 Å². The van der Waals surface area contributed by atoms with Gasteiger partial charge in [-0.25, -0.2) is 0 Å². The van der Waals surface area contributed by atoms with Crippen molar-refractivity contribution in [3.63, 3.8) is 0 Å². The minimum atomic E-state index is 0.240. The second-order valence-corrected chi connectivity index (χ2v) is 6.07. The molecule has 19 heavy (non-hydrogen) atoms. The van der Waals surface area contributed by atoms with Crippen molar-refractivity contribution in [1.29, 1.82) is 0 Å². The van der Waals surface area contributed by atoms with E-state index in [1.54, 1.807) is 7.11 Å². The lowest BCUT2D eigenvalue weighted by Crippen LogP contribution is -2.27. The zero-order valence-corrected chi connectivity index (χ0v) is 12.2. The number of benzene rings is 1. The van der Waals surface area contributed by atoms with Crippen LogP contribution in [0.5, 0.6) is 5.75 Å². The molecule has 0 aromatic heterocycles. The van der Waals surface area contributed by atoms with Crippen molar-refractivity contribution in [2.45, 2.75) is 39.5 Å². The molecule has 2 atom stereocenters. The molecule has 1 aliphatic rings. The normalized spacial score (nSPS) is 27.0. The fraction of sp³-hybridized carbons (Fsp3) is 0.588. The highest BCUT2D eigenvalue weighted by Crippen LogP contribution is 2.34. The average Bonchev–Trinajstić information content (AvgIpc) is 2.38. The molecule has 1 aromatic carbocycles. The van der Waals surface area contributed by atoms with Crippen molar-refractivity contribution < 1.29 is 9.53 Å². The number of hydrogen-bond acceptors (Lipinski definition) is 2. The molecule has 0 spiro atoms. The van der Waals surface area contributed by atoms with E-state index in [-0.39, 0.29) is 5.92 Å². The van der Waals surface area contributed by atoms with Gasteiger partial charge in [-0.2, -0.15) is 0 Å². The van der Waals surface area contributed by atoms with Crippen molar-refractivity contribution in [3.8, 4) is 5.75 Å². The first-order chi connectivity index (χ1) is 9.10. The van der Waals surface area contributed by atoms with Gasteiger partial charge in [0.15, 0.2) is 0 Å². The van der Waals surface area contributed by atoms with Crippen LogP contribution in [0, 0.1) is 17.8 Å². The number of ether oxygens (including phenoxy) is 1. The van der Waals surface area contributed by atoms with Crippen LogP contribution in [0.15, 0.2) is 24.3 Å². The summed E-state index contributed by atoms with van der Waals surface area (Å²) in [5.41, 5.74) is 1.01. The van der Waals surface area contributed by atoms with Gasteiger partial charge in [-0.1, -0.05) is 32.0 Å². The number of para-hydroxylation sites is 1. The number of Topliss-reactive ketones (excluding diaryl/α,β-unsaturated/α-hetero) is 1. The van der Waals surface area contributed by atoms with Crippen LogP contribution in [0.3, 0.4) is 0 Å². The summed E-state index contributed by atoms with van der Waals surface area (Å²) in [6, 6.07) is 7.83. The van der Waals surface area contributed by atoms with Crippen LogP contribution in [-0.4, -0.2) is 12.9 Å². The number of rotatable bonds is 4. The summed E-state index contributed by atoms with van der Waals surface area (Å²) in [6.45, 7) is 4.53. The predicted octanol–water partition coefficient (Wildman–Crippen LogP) is 3.88. The van der Waals surface area contributed by atoms with Gasteiger partial charge in [-0.3, -0.25) is 4.79 Å². The van der Waals surface area contributed by atoms with E-state index in [4.69, 9.17) is 4.74 Å². The first-order valence-electron chi connectivity index (χ1n) is 7.24. The minimum Gasteiger partial charge on any atom is -0.496 e. The summed E-state index contributed by atoms with van der Waals surface area (Å²) in [5, 5.41) is 0. The Balaban J connectivity index is 2.04. The zero-order chi connectivity index (χ0) is 13.8. The monoisotopic (exact) mass is 260 g/mol. The van der Waals surface area contributed by atoms with Gasteiger partial charge in [0.1, 0.15) is 11.5 Å². The predicted molar refractivity (Wildman–Crippen MR) is 77.4 cm³/mol. The Morgan fingerprint density at radius 1 is 1.16 bits per heavy atom. The van der Waals surface area contributed by atoms with Crippen molar-refractivity contribution in [3.05, 3.63) is 29.8 Å². The Morgan fingerprint density at radius 3 is 2.42 bits per heavy atom. The molecule has 2 rings (SSSR count). The van der Waals surface area contributed by atoms with Crippen LogP contribution in [0.25, 0.3) is 0 Å². The molecule has 0 amide bonds. The number of carbonyl (C=O) groups excluding carboxylic acids is 1. The lowest BCUT2D eigenvalue weighted by Gasteiger charge is -2.30. The lowest BCUT2D eigenvalue weighted by atomic mass is 9.74. The second-order valence-electron chi connectivity index (χ2n) is 6.07. The van der Waals surface area contributed by atoms with Crippen LogP contribution in [-0.2, 0) is 11.2 Å². The molecule has 1 aliphatic carbocycles. The van der Waals surface area contributed by atoms with E-state index in [1.807, 2.05) is 24.3 Å². The first kappa shape index (κ1) is 14.1. The quantitative estimate of drug-likeness (QED) is 0.821. The molecule has 0 N–H and O–H groups in total. The largest absolute Gasteiger partial charge is 0.496 e. The van der Waals surface area contributed by atoms with Gasteiger partial charge >= 0.3 is 0 Å². The Morgan fingerprint density at radius 2 is 1.79 bits per heavy atom. The minimum absolute atomic E-state index is 0.240. The third-order valence-electron chi connectivity index (χ3n) is 4.19. The van der Waals surface area contributed by atoms with Crippen LogP contribution in [0.4, 0.5) is 0 Å². The van der Waals surface area contributed by atoms with Gasteiger partial charge in [0.05, 0.1) is 7.11 Å². The summed E-state index contributed by atoms with van der Waals surface area (Å²) in [5.74, 6) is 2.80. The molecule has 0 bridgehead atoms. The van der Waals surface area contributed by atoms with E-state index < -0.39 is 0 Å². The zero-order valence-electron chi connectivity index (χ0n) is 12.2. The molecule has 2 heteroatoms. The van der Waals surface area contributed by atoms with Gasteiger partial charge in [-0.05, 0) is 37.2 Å². The second kappa shape index (κ2) is 6.23. The van der Waals surface area contributed by atoms with Crippen molar-refractivity contribution in [2.24, 2.45) is 17.8 Å². The SMILES string of the molecule is COc1ccccc1CC(=O)C1CC(C)CC(C)C1. The number of carbonyl (C=O) groups is 1. The first-order valence-corrected chi connectivity index (χ1v) is 7.24. The molecule has 0 heterocycles. The molecular weight excluding hydrogens is 236 g/mol. The van der Waals surface area contributed by atoms with Gasteiger partial charge in [0.25, 0.3) is 0 Å². The molecule has 104 valence electrons. The molecule has 0 radical (unpaired) electrons. The third kappa shape index (κ3) is 3.59. The maximum Gasteiger partial charge on any atom is 0.140 e.